The normalized spacial score (nSPS) is 26.6. The molecular weight excluding hydrogens is 202 g/mol. The molecular formula is C13H17NO2. The van der Waals surface area contributed by atoms with Crippen molar-refractivity contribution in [1.82, 2.24) is 4.90 Å². The largest absolute Gasteiger partial charge is 0.480 e. The van der Waals surface area contributed by atoms with E-state index < -0.39 is 5.97 Å². The number of benzene rings is 1. The molecule has 86 valence electrons. The highest BCUT2D eigenvalue weighted by molar-refractivity contribution is 5.73. The van der Waals surface area contributed by atoms with Gasteiger partial charge in [0.25, 0.3) is 0 Å². The number of aliphatic carboxylic acids is 1. The second kappa shape index (κ2) is 4.66. The van der Waals surface area contributed by atoms with Crippen molar-refractivity contribution < 1.29 is 9.90 Å². The molecule has 2 rings (SSSR count). The van der Waals surface area contributed by atoms with E-state index in [1.54, 1.807) is 0 Å². The Kier molecular flexibility index (Phi) is 3.25. The van der Waals surface area contributed by atoms with Crippen LogP contribution in [-0.4, -0.2) is 35.6 Å². The van der Waals surface area contributed by atoms with Crippen molar-refractivity contribution in [3.63, 3.8) is 0 Å². The molecule has 2 atom stereocenters. The van der Waals surface area contributed by atoms with Crippen molar-refractivity contribution in [3.8, 4) is 0 Å². The van der Waals surface area contributed by atoms with Gasteiger partial charge in [-0.2, -0.15) is 0 Å². The highest BCUT2D eigenvalue weighted by atomic mass is 16.4. The molecule has 0 unspecified atom stereocenters. The summed E-state index contributed by atoms with van der Waals surface area (Å²) in [6, 6.07) is 9.88. The standard InChI is InChI=1S/C13H17NO2/c1-14-8-7-11(9-12(14)13(15)16)10-5-3-2-4-6-10/h2-6,11-12H,7-9H2,1H3,(H,15,16)/t11-,12+/m1/s1. The van der Waals surface area contributed by atoms with E-state index in [1.807, 2.05) is 30.1 Å². The van der Waals surface area contributed by atoms with E-state index in [4.69, 9.17) is 5.11 Å². The zero-order valence-corrected chi connectivity index (χ0v) is 9.47. The molecule has 1 aliphatic rings. The number of carboxylic acid groups (broad SMARTS) is 1. The van der Waals surface area contributed by atoms with Crippen LogP contribution in [0.4, 0.5) is 0 Å². The van der Waals surface area contributed by atoms with Gasteiger partial charge in [0.2, 0.25) is 0 Å². The summed E-state index contributed by atoms with van der Waals surface area (Å²) >= 11 is 0. The van der Waals surface area contributed by atoms with Crippen LogP contribution in [0.3, 0.4) is 0 Å². The van der Waals surface area contributed by atoms with Crippen molar-refractivity contribution in [2.75, 3.05) is 13.6 Å². The van der Waals surface area contributed by atoms with Gasteiger partial charge in [-0.15, -0.1) is 0 Å². The van der Waals surface area contributed by atoms with Gasteiger partial charge in [-0.3, -0.25) is 9.69 Å². The second-order valence-electron chi connectivity index (χ2n) is 4.47. The Morgan fingerprint density at radius 3 is 2.69 bits per heavy atom. The van der Waals surface area contributed by atoms with E-state index in [9.17, 15) is 4.79 Å². The lowest BCUT2D eigenvalue weighted by Crippen LogP contribution is -2.44. The number of likely N-dealkylation sites (tertiary alicyclic amines) is 1. The summed E-state index contributed by atoms with van der Waals surface area (Å²) in [5.74, 6) is -0.318. The van der Waals surface area contributed by atoms with Gasteiger partial charge in [0.1, 0.15) is 6.04 Å². The number of nitrogens with zero attached hydrogens (tertiary/aromatic N) is 1. The van der Waals surface area contributed by atoms with E-state index in [-0.39, 0.29) is 6.04 Å². The lowest BCUT2D eigenvalue weighted by Gasteiger charge is -2.34. The van der Waals surface area contributed by atoms with Crippen LogP contribution in [0.2, 0.25) is 0 Å². The zero-order chi connectivity index (χ0) is 11.5. The predicted molar refractivity (Wildman–Crippen MR) is 62.5 cm³/mol. The number of carbonyl (C=O) groups is 1. The summed E-state index contributed by atoms with van der Waals surface area (Å²) in [5.41, 5.74) is 1.27. The fourth-order valence-corrected chi connectivity index (χ4v) is 2.40. The minimum atomic E-state index is -0.705. The first-order valence-electron chi connectivity index (χ1n) is 5.66. The van der Waals surface area contributed by atoms with E-state index >= 15 is 0 Å². The lowest BCUT2D eigenvalue weighted by atomic mass is 9.85. The maximum atomic E-state index is 11.1. The Morgan fingerprint density at radius 2 is 2.06 bits per heavy atom. The predicted octanol–water partition coefficient (Wildman–Crippen LogP) is 1.95. The molecule has 3 nitrogen and oxygen atoms in total. The Hall–Kier alpha value is -1.35. The Labute approximate surface area is 95.7 Å². The van der Waals surface area contributed by atoms with Crippen LogP contribution >= 0.6 is 0 Å². The topological polar surface area (TPSA) is 40.5 Å². The van der Waals surface area contributed by atoms with Crippen molar-refractivity contribution in [3.05, 3.63) is 35.9 Å². The summed E-state index contributed by atoms with van der Waals surface area (Å²) in [5, 5.41) is 9.13. The highest BCUT2D eigenvalue weighted by Gasteiger charge is 2.31. The van der Waals surface area contributed by atoms with Crippen LogP contribution in [0.15, 0.2) is 30.3 Å². The van der Waals surface area contributed by atoms with Gasteiger partial charge in [0.15, 0.2) is 0 Å². The molecule has 1 saturated heterocycles. The van der Waals surface area contributed by atoms with E-state index in [2.05, 4.69) is 12.1 Å². The molecule has 3 heteroatoms. The quantitative estimate of drug-likeness (QED) is 0.826. The molecule has 16 heavy (non-hydrogen) atoms. The Balaban J connectivity index is 2.12. The summed E-state index contributed by atoms with van der Waals surface area (Å²) in [7, 11) is 1.89. The van der Waals surface area contributed by atoms with Crippen LogP contribution in [0.5, 0.6) is 0 Å². The molecule has 1 aromatic carbocycles. The SMILES string of the molecule is CN1CC[C@@H](c2ccccc2)C[C@H]1C(=O)O. The van der Waals surface area contributed by atoms with E-state index in [1.165, 1.54) is 5.56 Å². The smallest absolute Gasteiger partial charge is 0.320 e. The number of hydrogen-bond acceptors (Lipinski definition) is 2. The molecule has 1 aliphatic heterocycles. The van der Waals surface area contributed by atoms with Gasteiger partial charge in [-0.05, 0) is 37.9 Å². The van der Waals surface area contributed by atoms with Crippen molar-refractivity contribution >= 4 is 5.97 Å². The third-order valence-corrected chi connectivity index (χ3v) is 3.43. The molecule has 1 fully saturated rings. The zero-order valence-electron chi connectivity index (χ0n) is 9.47. The summed E-state index contributed by atoms with van der Waals surface area (Å²) in [6.45, 7) is 0.858. The van der Waals surface area contributed by atoms with Crippen LogP contribution in [0.25, 0.3) is 0 Å². The average Bonchev–Trinajstić information content (AvgIpc) is 2.30. The third-order valence-electron chi connectivity index (χ3n) is 3.43. The highest BCUT2D eigenvalue weighted by Crippen LogP contribution is 2.30. The summed E-state index contributed by atoms with van der Waals surface area (Å²) in [6.07, 6.45) is 1.76. The van der Waals surface area contributed by atoms with Gasteiger partial charge < -0.3 is 5.11 Å². The van der Waals surface area contributed by atoms with Crippen LogP contribution in [-0.2, 0) is 4.79 Å². The van der Waals surface area contributed by atoms with Gasteiger partial charge >= 0.3 is 5.97 Å². The molecule has 1 N–H and O–H groups in total. The van der Waals surface area contributed by atoms with Crippen LogP contribution in [0.1, 0.15) is 24.3 Å². The number of carboxylic acids is 1. The van der Waals surface area contributed by atoms with Crippen LogP contribution in [0, 0.1) is 0 Å². The van der Waals surface area contributed by atoms with Gasteiger partial charge in [-0.25, -0.2) is 0 Å². The maximum absolute atomic E-state index is 11.1. The van der Waals surface area contributed by atoms with E-state index in [0.29, 0.717) is 5.92 Å². The third kappa shape index (κ3) is 2.25. The monoisotopic (exact) mass is 219 g/mol. The van der Waals surface area contributed by atoms with Gasteiger partial charge in [0, 0.05) is 0 Å². The lowest BCUT2D eigenvalue weighted by molar-refractivity contribution is -0.144. The van der Waals surface area contributed by atoms with Gasteiger partial charge in [0.05, 0.1) is 0 Å². The molecule has 1 aromatic rings. The first-order chi connectivity index (χ1) is 7.68. The van der Waals surface area contributed by atoms with E-state index in [0.717, 1.165) is 19.4 Å². The summed E-state index contributed by atoms with van der Waals surface area (Å²) in [4.78, 5) is 13.0. The second-order valence-corrected chi connectivity index (χ2v) is 4.47. The number of likely N-dealkylation sites (N-methyl/N-ethyl adjacent to an activating group) is 1. The summed E-state index contributed by atoms with van der Waals surface area (Å²) < 4.78 is 0. The first kappa shape index (κ1) is 11.1. The number of hydrogen-bond donors (Lipinski definition) is 1. The molecule has 0 saturated carbocycles. The fourth-order valence-electron chi connectivity index (χ4n) is 2.40. The minimum absolute atomic E-state index is 0.334. The minimum Gasteiger partial charge on any atom is -0.480 e. The number of rotatable bonds is 2. The molecule has 0 aromatic heterocycles. The Bertz CT molecular complexity index is 363. The van der Waals surface area contributed by atoms with Crippen molar-refractivity contribution in [2.24, 2.45) is 0 Å². The van der Waals surface area contributed by atoms with Gasteiger partial charge in [-0.1, -0.05) is 30.3 Å². The maximum Gasteiger partial charge on any atom is 0.320 e. The molecule has 0 radical (unpaired) electrons. The average molecular weight is 219 g/mol. The molecule has 0 bridgehead atoms. The van der Waals surface area contributed by atoms with Crippen LogP contribution < -0.4 is 0 Å². The van der Waals surface area contributed by atoms with Crippen molar-refractivity contribution in [1.29, 1.82) is 0 Å². The Morgan fingerprint density at radius 1 is 1.38 bits per heavy atom. The molecule has 0 aliphatic carbocycles. The fraction of sp³-hybridized carbons (Fsp3) is 0.462. The molecule has 0 spiro atoms. The van der Waals surface area contributed by atoms with Crippen molar-refractivity contribution in [2.45, 2.75) is 24.8 Å². The molecule has 0 amide bonds. The first-order valence-corrected chi connectivity index (χ1v) is 5.66. The number of piperidine rings is 1. The molecule has 1 heterocycles.